The molecule has 0 radical (unpaired) electrons. The van der Waals surface area contributed by atoms with Crippen LogP contribution in [0.25, 0.3) is 0 Å². The van der Waals surface area contributed by atoms with Gasteiger partial charge >= 0.3 is 0 Å². The highest BCUT2D eigenvalue weighted by Gasteiger charge is 2.19. The summed E-state index contributed by atoms with van der Waals surface area (Å²) in [6.45, 7) is 5.27. The van der Waals surface area contributed by atoms with Crippen molar-refractivity contribution in [2.45, 2.75) is 38.9 Å². The molecule has 0 saturated carbocycles. The van der Waals surface area contributed by atoms with Crippen LogP contribution in [-0.2, 0) is 18.6 Å². The van der Waals surface area contributed by atoms with Gasteiger partial charge in [0, 0.05) is 11.9 Å². The van der Waals surface area contributed by atoms with E-state index in [-0.39, 0.29) is 0 Å². The molecule has 0 amide bonds. The summed E-state index contributed by atoms with van der Waals surface area (Å²) < 4.78 is 0. The Morgan fingerprint density at radius 1 is 1.50 bits per heavy atom. The van der Waals surface area contributed by atoms with E-state index in [0.29, 0.717) is 5.92 Å². The second-order valence-electron chi connectivity index (χ2n) is 5.51. The van der Waals surface area contributed by atoms with Crippen LogP contribution < -0.4 is 5.73 Å². The number of nitrogens with two attached hydrogens (primary N) is 1. The van der Waals surface area contributed by atoms with Gasteiger partial charge in [0.2, 0.25) is 0 Å². The van der Waals surface area contributed by atoms with E-state index >= 15 is 0 Å². The van der Waals surface area contributed by atoms with Gasteiger partial charge in [-0.3, -0.25) is 0 Å². The molecule has 0 fully saturated rings. The van der Waals surface area contributed by atoms with E-state index in [0.717, 1.165) is 36.9 Å². The molecular weight excluding hydrogens is 242 g/mol. The minimum absolute atomic E-state index is 0.627. The average Bonchev–Trinajstić information content (AvgIpc) is 2.37. The number of aromatic nitrogens is 2. The molecule has 0 aliphatic heterocycles. The molecule has 0 saturated heterocycles. The number of rotatable bonds is 5. The Bertz CT molecular complexity index is 393. The summed E-state index contributed by atoms with van der Waals surface area (Å²) in [6, 6.07) is 0. The number of thioether (sulfide) groups is 1. The number of hydrogen-bond donors (Lipinski definition) is 1. The van der Waals surface area contributed by atoms with Crippen LogP contribution >= 0.6 is 11.8 Å². The molecule has 2 rings (SSSR count). The quantitative estimate of drug-likeness (QED) is 0.888. The molecule has 18 heavy (non-hydrogen) atoms. The Balaban J connectivity index is 1.96. The van der Waals surface area contributed by atoms with E-state index in [4.69, 9.17) is 10.7 Å². The minimum atomic E-state index is 0.627. The Labute approximate surface area is 114 Å². The first kappa shape index (κ1) is 13.8. The monoisotopic (exact) mass is 265 g/mol. The van der Waals surface area contributed by atoms with E-state index in [1.54, 1.807) is 0 Å². The van der Waals surface area contributed by atoms with Gasteiger partial charge in [0.1, 0.15) is 5.82 Å². The summed E-state index contributed by atoms with van der Waals surface area (Å²) in [5.74, 6) is 4.47. The molecule has 0 spiro atoms. The van der Waals surface area contributed by atoms with Crippen molar-refractivity contribution in [3.05, 3.63) is 23.3 Å². The molecule has 1 atom stereocenters. The SMILES string of the molecule is CC(C)CSCc1ncc2c(n1)CCC(CN)C2. The lowest BCUT2D eigenvalue weighted by atomic mass is 9.87. The fraction of sp³-hybridized carbons (Fsp3) is 0.714. The fourth-order valence-corrected chi connectivity index (χ4v) is 3.19. The van der Waals surface area contributed by atoms with E-state index < -0.39 is 0 Å². The maximum absolute atomic E-state index is 5.74. The van der Waals surface area contributed by atoms with Gasteiger partial charge in [0.15, 0.2) is 0 Å². The van der Waals surface area contributed by atoms with Crippen molar-refractivity contribution in [3.8, 4) is 0 Å². The fourth-order valence-electron chi connectivity index (χ4n) is 2.28. The molecule has 0 bridgehead atoms. The summed E-state index contributed by atoms with van der Waals surface area (Å²) in [7, 11) is 0. The molecule has 2 N–H and O–H groups in total. The minimum Gasteiger partial charge on any atom is -0.330 e. The van der Waals surface area contributed by atoms with E-state index in [2.05, 4.69) is 18.8 Å². The number of nitrogens with zero attached hydrogens (tertiary/aromatic N) is 2. The van der Waals surface area contributed by atoms with E-state index in [1.807, 2.05) is 18.0 Å². The van der Waals surface area contributed by atoms with Crippen LogP contribution in [0.15, 0.2) is 6.20 Å². The molecule has 1 aromatic heterocycles. The number of aryl methyl sites for hydroxylation is 1. The second kappa shape index (κ2) is 6.53. The number of hydrogen-bond acceptors (Lipinski definition) is 4. The molecule has 3 nitrogen and oxygen atoms in total. The zero-order chi connectivity index (χ0) is 13.0. The highest BCUT2D eigenvalue weighted by molar-refractivity contribution is 7.98. The van der Waals surface area contributed by atoms with Gasteiger partial charge in [-0.1, -0.05) is 13.8 Å². The van der Waals surface area contributed by atoms with Crippen molar-refractivity contribution < 1.29 is 0 Å². The summed E-state index contributed by atoms with van der Waals surface area (Å²) in [5.41, 5.74) is 8.31. The van der Waals surface area contributed by atoms with Crippen LogP contribution in [0.3, 0.4) is 0 Å². The predicted molar refractivity (Wildman–Crippen MR) is 77.6 cm³/mol. The van der Waals surface area contributed by atoms with Crippen molar-refractivity contribution in [2.75, 3.05) is 12.3 Å². The van der Waals surface area contributed by atoms with Crippen LogP contribution in [0, 0.1) is 11.8 Å². The second-order valence-corrected chi connectivity index (χ2v) is 6.54. The number of fused-ring (bicyclic) bond motifs is 1. The Morgan fingerprint density at radius 2 is 2.33 bits per heavy atom. The third-order valence-corrected chi connectivity index (χ3v) is 4.68. The lowest BCUT2D eigenvalue weighted by Crippen LogP contribution is -2.23. The summed E-state index contributed by atoms with van der Waals surface area (Å²) in [6.07, 6.45) is 5.33. The van der Waals surface area contributed by atoms with Crippen LogP contribution in [0.2, 0.25) is 0 Å². The van der Waals surface area contributed by atoms with Crippen LogP contribution in [0.5, 0.6) is 0 Å². The average molecular weight is 265 g/mol. The molecule has 1 heterocycles. The molecule has 0 aromatic carbocycles. The van der Waals surface area contributed by atoms with Crippen LogP contribution in [0.1, 0.15) is 37.4 Å². The van der Waals surface area contributed by atoms with Gasteiger partial charge in [0.05, 0.1) is 5.75 Å². The Hall–Kier alpha value is -0.610. The highest BCUT2D eigenvalue weighted by Crippen LogP contribution is 2.23. The standard InChI is InChI=1S/C14H23N3S/c1-10(2)8-18-9-14-16-7-12-5-11(6-15)3-4-13(12)17-14/h7,10-11H,3-6,8-9,15H2,1-2H3. The van der Waals surface area contributed by atoms with Crippen molar-refractivity contribution in [1.82, 2.24) is 9.97 Å². The summed E-state index contributed by atoms with van der Waals surface area (Å²) >= 11 is 1.93. The normalized spacial score (nSPS) is 19.0. The van der Waals surface area contributed by atoms with Gasteiger partial charge in [-0.15, -0.1) is 0 Å². The Kier molecular flexibility index (Phi) is 5.01. The highest BCUT2D eigenvalue weighted by atomic mass is 32.2. The third-order valence-electron chi connectivity index (χ3n) is 3.32. The summed E-state index contributed by atoms with van der Waals surface area (Å²) in [4.78, 5) is 9.19. The molecule has 1 aliphatic rings. The zero-order valence-electron chi connectivity index (χ0n) is 11.4. The van der Waals surface area contributed by atoms with Crippen LogP contribution in [0.4, 0.5) is 0 Å². The van der Waals surface area contributed by atoms with Gasteiger partial charge in [-0.05, 0) is 49.0 Å². The molecular formula is C14H23N3S. The largest absolute Gasteiger partial charge is 0.330 e. The van der Waals surface area contributed by atoms with Crippen molar-refractivity contribution in [3.63, 3.8) is 0 Å². The van der Waals surface area contributed by atoms with Gasteiger partial charge in [0.25, 0.3) is 0 Å². The molecule has 4 heteroatoms. The molecule has 100 valence electrons. The summed E-state index contributed by atoms with van der Waals surface area (Å²) in [5, 5.41) is 0. The van der Waals surface area contributed by atoms with E-state index in [1.165, 1.54) is 23.4 Å². The smallest absolute Gasteiger partial charge is 0.138 e. The molecule has 1 aliphatic carbocycles. The topological polar surface area (TPSA) is 51.8 Å². The Morgan fingerprint density at radius 3 is 3.06 bits per heavy atom. The lowest BCUT2D eigenvalue weighted by molar-refractivity contribution is 0.460. The first-order valence-corrected chi connectivity index (χ1v) is 7.96. The maximum atomic E-state index is 5.74. The zero-order valence-corrected chi connectivity index (χ0v) is 12.2. The van der Waals surface area contributed by atoms with Crippen molar-refractivity contribution >= 4 is 11.8 Å². The van der Waals surface area contributed by atoms with Crippen molar-refractivity contribution in [2.24, 2.45) is 17.6 Å². The maximum Gasteiger partial charge on any atom is 0.138 e. The van der Waals surface area contributed by atoms with Crippen LogP contribution in [-0.4, -0.2) is 22.3 Å². The van der Waals surface area contributed by atoms with Gasteiger partial charge in [-0.2, -0.15) is 11.8 Å². The molecule has 1 aromatic rings. The first-order valence-electron chi connectivity index (χ1n) is 6.80. The third kappa shape index (κ3) is 3.69. The van der Waals surface area contributed by atoms with E-state index in [9.17, 15) is 0 Å². The van der Waals surface area contributed by atoms with Gasteiger partial charge < -0.3 is 5.73 Å². The molecule has 1 unspecified atom stereocenters. The van der Waals surface area contributed by atoms with Gasteiger partial charge in [-0.25, -0.2) is 9.97 Å². The lowest BCUT2D eigenvalue weighted by Gasteiger charge is -2.22. The predicted octanol–water partition coefficient (Wildman–Crippen LogP) is 2.43. The first-order chi connectivity index (χ1) is 8.69. The van der Waals surface area contributed by atoms with Crippen molar-refractivity contribution in [1.29, 1.82) is 0 Å².